The minimum Gasteiger partial charge on any atom is -0.545 e. The zero-order chi connectivity index (χ0) is 12.8. The van der Waals surface area contributed by atoms with Crippen LogP contribution in [0.15, 0.2) is 10.6 Å². The molecule has 0 aromatic rings. The summed E-state index contributed by atoms with van der Waals surface area (Å²) in [4.78, 5) is 10.6. The lowest BCUT2D eigenvalue weighted by Gasteiger charge is -2.35. The molecular formula is C12H22ClNO2. The van der Waals surface area contributed by atoms with Gasteiger partial charge in [0.25, 0.3) is 0 Å². The van der Waals surface area contributed by atoms with Crippen molar-refractivity contribution in [1.29, 1.82) is 0 Å². The van der Waals surface area contributed by atoms with Gasteiger partial charge in [0, 0.05) is 11.5 Å². The molecule has 0 saturated heterocycles. The first-order valence-electron chi connectivity index (χ1n) is 5.84. The molecule has 0 aliphatic heterocycles. The maximum atomic E-state index is 10.6. The zero-order valence-corrected chi connectivity index (χ0v) is 11.4. The second-order valence-corrected chi connectivity index (χ2v) is 4.54. The number of rotatable bonds is 7. The van der Waals surface area contributed by atoms with E-state index in [0.29, 0.717) is 11.5 Å². The largest absolute Gasteiger partial charge is 0.545 e. The normalized spacial score (nSPS) is 13.6. The fourth-order valence-corrected chi connectivity index (χ4v) is 1.94. The standard InChI is InChI=1S/C12H22ClNO2/c1-5-14(6-2,7-3)9-8-11(13)10(4)12(15)16/h5-9H2,1-4H3. The van der Waals surface area contributed by atoms with Crippen LogP contribution >= 0.6 is 11.6 Å². The van der Waals surface area contributed by atoms with Crippen LogP contribution in [0.2, 0.25) is 0 Å². The number of halogens is 1. The average molecular weight is 248 g/mol. The van der Waals surface area contributed by atoms with E-state index >= 15 is 0 Å². The summed E-state index contributed by atoms with van der Waals surface area (Å²) in [6, 6.07) is 0. The summed E-state index contributed by atoms with van der Waals surface area (Å²) < 4.78 is 0.969. The molecule has 0 rings (SSSR count). The molecule has 0 aliphatic carbocycles. The quantitative estimate of drug-likeness (QED) is 0.506. The SMILES string of the molecule is CC[N+](CC)(CC)CCC(Cl)=C(C)C(=O)[O-]. The molecule has 0 bridgehead atoms. The van der Waals surface area contributed by atoms with Crippen molar-refractivity contribution in [3.63, 3.8) is 0 Å². The summed E-state index contributed by atoms with van der Waals surface area (Å²) in [6.45, 7) is 12.0. The fraction of sp³-hybridized carbons (Fsp3) is 0.750. The van der Waals surface area contributed by atoms with Crippen molar-refractivity contribution in [2.45, 2.75) is 34.1 Å². The van der Waals surface area contributed by atoms with Crippen LogP contribution < -0.4 is 5.11 Å². The molecule has 0 spiro atoms. The Morgan fingerprint density at radius 2 is 1.62 bits per heavy atom. The van der Waals surface area contributed by atoms with Crippen LogP contribution in [0.3, 0.4) is 0 Å². The van der Waals surface area contributed by atoms with Gasteiger partial charge in [0.2, 0.25) is 0 Å². The van der Waals surface area contributed by atoms with Crippen LogP contribution in [0, 0.1) is 0 Å². The first-order valence-corrected chi connectivity index (χ1v) is 6.21. The second-order valence-electron chi connectivity index (χ2n) is 4.08. The predicted octanol–water partition coefficient (Wildman–Crippen LogP) is 1.52. The molecule has 0 aliphatic rings. The number of carbonyl (C=O) groups excluding carboxylic acids is 1. The van der Waals surface area contributed by atoms with Gasteiger partial charge in [-0.15, -0.1) is 0 Å². The predicted molar refractivity (Wildman–Crippen MR) is 64.9 cm³/mol. The Morgan fingerprint density at radius 3 is 1.94 bits per heavy atom. The molecule has 0 amide bonds. The van der Waals surface area contributed by atoms with Crippen LogP contribution in [0.25, 0.3) is 0 Å². The van der Waals surface area contributed by atoms with Gasteiger partial charge in [-0.2, -0.15) is 0 Å². The molecule has 0 atom stereocenters. The van der Waals surface area contributed by atoms with E-state index in [1.807, 2.05) is 0 Å². The number of hydrogen-bond donors (Lipinski definition) is 0. The monoisotopic (exact) mass is 247 g/mol. The van der Waals surface area contributed by atoms with E-state index < -0.39 is 5.97 Å². The Labute approximate surface area is 103 Å². The molecular weight excluding hydrogens is 226 g/mol. The highest BCUT2D eigenvalue weighted by atomic mass is 35.5. The van der Waals surface area contributed by atoms with Crippen molar-refractivity contribution in [3.05, 3.63) is 10.6 Å². The lowest BCUT2D eigenvalue weighted by atomic mass is 10.2. The van der Waals surface area contributed by atoms with Gasteiger partial charge < -0.3 is 14.4 Å². The van der Waals surface area contributed by atoms with E-state index in [-0.39, 0.29) is 5.57 Å². The summed E-state index contributed by atoms with van der Waals surface area (Å²) in [7, 11) is 0. The number of carboxylic acids is 1. The molecule has 0 saturated carbocycles. The Bertz CT molecular complexity index is 262. The maximum absolute atomic E-state index is 10.6. The molecule has 0 aromatic heterocycles. The van der Waals surface area contributed by atoms with E-state index in [0.717, 1.165) is 30.7 Å². The van der Waals surface area contributed by atoms with Crippen LogP contribution in [0.5, 0.6) is 0 Å². The molecule has 0 fully saturated rings. The van der Waals surface area contributed by atoms with Gasteiger partial charge in [-0.05, 0) is 33.3 Å². The summed E-state index contributed by atoms with van der Waals surface area (Å²) in [6.07, 6.45) is 0.608. The molecule has 0 radical (unpaired) electrons. The van der Waals surface area contributed by atoms with Crippen LogP contribution in [0.1, 0.15) is 34.1 Å². The topological polar surface area (TPSA) is 40.1 Å². The molecule has 0 unspecified atom stereocenters. The average Bonchev–Trinajstić information content (AvgIpc) is 2.30. The molecule has 3 nitrogen and oxygen atoms in total. The third kappa shape index (κ3) is 4.14. The van der Waals surface area contributed by atoms with Gasteiger partial charge in [0.15, 0.2) is 0 Å². The Morgan fingerprint density at radius 1 is 1.19 bits per heavy atom. The van der Waals surface area contributed by atoms with Crippen LogP contribution in [-0.2, 0) is 4.79 Å². The highest BCUT2D eigenvalue weighted by Gasteiger charge is 2.20. The number of carboxylic acid groups (broad SMARTS) is 1. The van der Waals surface area contributed by atoms with Gasteiger partial charge in [-0.3, -0.25) is 0 Å². The van der Waals surface area contributed by atoms with Crippen LogP contribution in [0.4, 0.5) is 0 Å². The van der Waals surface area contributed by atoms with Gasteiger partial charge in [0.05, 0.1) is 32.1 Å². The highest BCUT2D eigenvalue weighted by molar-refractivity contribution is 6.31. The number of hydrogen-bond acceptors (Lipinski definition) is 2. The number of nitrogens with zero attached hydrogens (tertiary/aromatic N) is 1. The molecule has 0 N–H and O–H groups in total. The summed E-state index contributed by atoms with van der Waals surface area (Å²) in [5, 5.41) is 11.0. The third-order valence-corrected chi connectivity index (χ3v) is 4.00. The summed E-state index contributed by atoms with van der Waals surface area (Å²) >= 11 is 5.95. The van der Waals surface area contributed by atoms with E-state index in [1.54, 1.807) is 0 Å². The van der Waals surface area contributed by atoms with Gasteiger partial charge >= 0.3 is 0 Å². The van der Waals surface area contributed by atoms with E-state index in [4.69, 9.17) is 11.6 Å². The number of carbonyl (C=O) groups is 1. The van der Waals surface area contributed by atoms with E-state index in [2.05, 4.69) is 20.8 Å². The first-order chi connectivity index (χ1) is 7.42. The van der Waals surface area contributed by atoms with Crippen molar-refractivity contribution in [3.8, 4) is 0 Å². The zero-order valence-electron chi connectivity index (χ0n) is 10.7. The lowest BCUT2D eigenvalue weighted by molar-refractivity contribution is -0.922. The smallest absolute Gasteiger partial charge is 0.0836 e. The number of aliphatic carboxylic acids is 1. The molecule has 4 heteroatoms. The molecule has 0 heterocycles. The number of quaternary nitrogens is 1. The third-order valence-electron chi connectivity index (χ3n) is 3.53. The fourth-order valence-electron chi connectivity index (χ4n) is 1.78. The minimum absolute atomic E-state index is 0.156. The second kappa shape index (κ2) is 6.92. The first kappa shape index (κ1) is 15.5. The van der Waals surface area contributed by atoms with E-state index in [9.17, 15) is 9.90 Å². The Kier molecular flexibility index (Phi) is 6.68. The summed E-state index contributed by atoms with van der Waals surface area (Å²) in [5.74, 6) is -1.17. The molecule has 16 heavy (non-hydrogen) atoms. The summed E-state index contributed by atoms with van der Waals surface area (Å²) in [5.41, 5.74) is 0.156. The van der Waals surface area contributed by atoms with Gasteiger partial charge in [-0.1, -0.05) is 11.6 Å². The van der Waals surface area contributed by atoms with Crippen molar-refractivity contribution < 1.29 is 14.4 Å². The van der Waals surface area contributed by atoms with Crippen molar-refractivity contribution in [1.82, 2.24) is 0 Å². The van der Waals surface area contributed by atoms with Crippen molar-refractivity contribution >= 4 is 17.6 Å². The van der Waals surface area contributed by atoms with Crippen molar-refractivity contribution in [2.75, 3.05) is 26.2 Å². The minimum atomic E-state index is -1.17. The Hall–Kier alpha value is -0.540. The van der Waals surface area contributed by atoms with Crippen LogP contribution in [-0.4, -0.2) is 36.6 Å². The van der Waals surface area contributed by atoms with Gasteiger partial charge in [0.1, 0.15) is 0 Å². The molecule has 94 valence electrons. The highest BCUT2D eigenvalue weighted by Crippen LogP contribution is 2.17. The van der Waals surface area contributed by atoms with Gasteiger partial charge in [-0.25, -0.2) is 0 Å². The van der Waals surface area contributed by atoms with Crippen molar-refractivity contribution in [2.24, 2.45) is 0 Å². The molecule has 0 aromatic carbocycles. The van der Waals surface area contributed by atoms with E-state index in [1.165, 1.54) is 6.92 Å². The maximum Gasteiger partial charge on any atom is 0.0836 e. The lowest BCUT2D eigenvalue weighted by Crippen LogP contribution is -2.48. The Balaban J connectivity index is 4.54.